The van der Waals surface area contributed by atoms with Gasteiger partial charge in [-0.15, -0.1) is 0 Å². The van der Waals surface area contributed by atoms with Crippen LogP contribution in [0.4, 0.5) is 33.1 Å². The van der Waals surface area contributed by atoms with Gasteiger partial charge < -0.3 is 25.3 Å². The second-order valence-corrected chi connectivity index (χ2v) is 24.2. The number of sulfone groups is 2. The van der Waals surface area contributed by atoms with Crippen LogP contribution in [0, 0.1) is 5.82 Å². The van der Waals surface area contributed by atoms with E-state index in [0.29, 0.717) is 65.0 Å². The van der Waals surface area contributed by atoms with Crippen molar-refractivity contribution >= 4 is 65.5 Å². The molecule has 3 aliphatic heterocycles. The highest BCUT2D eigenvalue weighted by Crippen LogP contribution is 2.31. The first-order valence-electron chi connectivity index (χ1n) is 26.3. The fourth-order valence-corrected chi connectivity index (χ4v) is 12.1. The predicted molar refractivity (Wildman–Crippen MR) is 307 cm³/mol. The van der Waals surface area contributed by atoms with Crippen LogP contribution >= 0.6 is 0 Å². The van der Waals surface area contributed by atoms with Crippen LogP contribution in [-0.2, 0) is 39.3 Å². The van der Waals surface area contributed by atoms with E-state index in [1.807, 2.05) is 57.2 Å². The standard InChI is InChI=1S/C58H64FN11O6S2/c1-7-39-11-12-40-33-49(47-23-21-46(35-51(47)59)77(5,73)74)56(71)69(8-2)54(40)63-53(39)61-42-13-17-45(18-14-42)68-30-26-66(27-31-68)37-38-10-22-48(52(32-38)78(6,75)76)50-34-41-36-60-58(64-55(41)70(9-3)57(50)72)62-43-15-19-44(20-16-43)67-28-24-65(4)25-29-67/h10,12-23,32-36,61H,7-9,11,24-31,37H2,1-6H3,(H,60,62,64). The Morgan fingerprint density at radius 3 is 1.85 bits per heavy atom. The van der Waals surface area contributed by atoms with Crippen LogP contribution in [0.2, 0.25) is 0 Å². The van der Waals surface area contributed by atoms with Gasteiger partial charge in [-0.3, -0.25) is 23.6 Å². The number of halogens is 1. The van der Waals surface area contributed by atoms with Crippen LogP contribution in [0.25, 0.3) is 39.4 Å². The fourth-order valence-electron chi connectivity index (χ4n) is 10.5. The summed E-state index contributed by atoms with van der Waals surface area (Å²) < 4.78 is 69.6. The topological polar surface area (TPSA) is 187 Å². The third-order valence-electron chi connectivity index (χ3n) is 15.0. The Balaban J connectivity index is 0.807. The summed E-state index contributed by atoms with van der Waals surface area (Å²) in [6, 6.07) is 28.6. The number of aromatic nitrogens is 4. The van der Waals surface area contributed by atoms with E-state index < -0.39 is 31.1 Å². The van der Waals surface area contributed by atoms with Gasteiger partial charge in [0.05, 0.1) is 15.4 Å². The molecule has 0 unspecified atom stereocenters. The van der Waals surface area contributed by atoms with Gasteiger partial charge in [0.2, 0.25) is 5.95 Å². The number of rotatable bonds is 15. The molecular weight excluding hydrogens is 1030 g/mol. The van der Waals surface area contributed by atoms with Gasteiger partial charge in [-0.2, -0.15) is 4.98 Å². The van der Waals surface area contributed by atoms with Crippen molar-refractivity contribution < 1.29 is 21.2 Å². The van der Waals surface area contributed by atoms with Crippen molar-refractivity contribution in [3.05, 3.63) is 157 Å². The zero-order valence-electron chi connectivity index (χ0n) is 44.8. The number of aryl methyl sites for hydroxylation is 1. The molecule has 4 aromatic carbocycles. The lowest BCUT2D eigenvalue weighted by atomic mass is 10.0. The molecule has 0 aliphatic carbocycles. The number of benzene rings is 4. The molecule has 2 N–H and O–H groups in total. The van der Waals surface area contributed by atoms with Crippen LogP contribution in [-0.4, -0.2) is 118 Å². The maximum atomic E-state index is 15.4. The molecule has 0 atom stereocenters. The minimum Gasteiger partial charge on any atom is -0.369 e. The van der Waals surface area contributed by atoms with Crippen LogP contribution in [0.3, 0.4) is 0 Å². The minimum absolute atomic E-state index is 0.0226. The molecule has 78 heavy (non-hydrogen) atoms. The smallest absolute Gasteiger partial charge is 0.260 e. The number of fused-ring (bicyclic) bond motifs is 2. The lowest BCUT2D eigenvalue weighted by molar-refractivity contribution is 0.249. The number of hydrogen-bond acceptors (Lipinski definition) is 15. The maximum absolute atomic E-state index is 15.4. The molecule has 2 saturated heterocycles. The first-order valence-corrected chi connectivity index (χ1v) is 30.1. The van der Waals surface area contributed by atoms with E-state index in [-0.39, 0.29) is 38.6 Å². The maximum Gasteiger partial charge on any atom is 0.260 e. The number of hydrogen-bond donors (Lipinski definition) is 2. The summed E-state index contributed by atoms with van der Waals surface area (Å²) in [6.45, 7) is 13.8. The average Bonchev–Trinajstić information content (AvgIpc) is 3.77. The zero-order chi connectivity index (χ0) is 55.0. The molecule has 2 fully saturated rings. The molecule has 6 heterocycles. The highest BCUT2D eigenvalue weighted by atomic mass is 32.2. The second-order valence-electron chi connectivity index (χ2n) is 20.2. The van der Waals surface area contributed by atoms with E-state index in [1.54, 1.807) is 35.0 Å². The van der Waals surface area contributed by atoms with Gasteiger partial charge in [-0.05, 0) is 130 Å². The average molecular weight is 1090 g/mol. The van der Waals surface area contributed by atoms with Gasteiger partial charge in [0.25, 0.3) is 11.1 Å². The van der Waals surface area contributed by atoms with Crippen LogP contribution < -0.4 is 42.3 Å². The summed E-state index contributed by atoms with van der Waals surface area (Å²) >= 11 is 0. The Morgan fingerprint density at radius 2 is 1.24 bits per heavy atom. The molecular formula is C58H64FN11O6S2. The van der Waals surface area contributed by atoms with E-state index in [1.165, 1.54) is 23.0 Å². The van der Waals surface area contributed by atoms with Crippen molar-refractivity contribution in [3.8, 4) is 22.3 Å². The molecule has 17 nitrogen and oxygen atoms in total. The van der Waals surface area contributed by atoms with Crippen LogP contribution in [0.15, 0.2) is 139 Å². The number of piperazine rings is 2. The lowest BCUT2D eigenvalue weighted by Gasteiger charge is -2.36. The Kier molecular flexibility index (Phi) is 15.2. The van der Waals surface area contributed by atoms with Crippen molar-refractivity contribution in [3.63, 3.8) is 0 Å². The third kappa shape index (κ3) is 11.3. The van der Waals surface area contributed by atoms with Gasteiger partial charge in [0.1, 0.15) is 22.8 Å². The molecule has 3 aliphatic rings. The van der Waals surface area contributed by atoms with Crippen molar-refractivity contribution in [1.29, 1.82) is 0 Å². The second kappa shape index (κ2) is 22.1. The normalized spacial score (nSPS) is 15.7. The number of anilines is 5. The molecule has 3 aromatic heterocycles. The SMILES string of the molecule is CCC1=C(Nc2ccc(N3CCN(Cc4ccc(-c5cc6cnc(Nc7ccc(N8CCN(C)CC8)cc7)nc6n(CC)c5=O)c(S(C)(=O)=O)c4)CC3)cc2)N=c2c(cc(-c3ccc(S(C)(=O)=O)cc3F)c(=O)n2CC)=CC1. The molecule has 0 saturated carbocycles. The highest BCUT2D eigenvalue weighted by molar-refractivity contribution is 7.91. The van der Waals surface area contributed by atoms with Gasteiger partial charge in [-0.1, -0.05) is 25.1 Å². The Morgan fingerprint density at radius 1 is 0.641 bits per heavy atom. The highest BCUT2D eigenvalue weighted by Gasteiger charge is 2.24. The van der Waals surface area contributed by atoms with E-state index in [9.17, 15) is 26.4 Å². The number of nitrogens with one attached hydrogen (secondary N) is 2. The summed E-state index contributed by atoms with van der Waals surface area (Å²) in [5, 5.41) is 8.06. The monoisotopic (exact) mass is 1090 g/mol. The third-order valence-corrected chi connectivity index (χ3v) is 17.2. The van der Waals surface area contributed by atoms with E-state index in [0.717, 1.165) is 98.6 Å². The number of allylic oxidation sites excluding steroid dienone is 1. The summed E-state index contributed by atoms with van der Waals surface area (Å²) in [4.78, 5) is 51.7. The molecule has 406 valence electrons. The molecule has 0 radical (unpaired) electrons. The van der Waals surface area contributed by atoms with Gasteiger partial charge in [-0.25, -0.2) is 31.2 Å². The Bertz CT molecular complexity index is 3980. The predicted octanol–water partition coefficient (Wildman–Crippen LogP) is 6.63. The zero-order valence-corrected chi connectivity index (χ0v) is 46.4. The van der Waals surface area contributed by atoms with Crippen LogP contribution in [0.5, 0.6) is 0 Å². The van der Waals surface area contributed by atoms with E-state index >= 15 is 4.39 Å². The summed E-state index contributed by atoms with van der Waals surface area (Å²) in [6.07, 6.45) is 7.07. The van der Waals surface area contributed by atoms with E-state index in [4.69, 9.17) is 9.98 Å². The fraction of sp³-hybridized carbons (Fsp3) is 0.328. The quantitative estimate of drug-likeness (QED) is 0.111. The minimum atomic E-state index is -3.76. The van der Waals surface area contributed by atoms with Crippen molar-refractivity contribution in [2.24, 2.45) is 4.99 Å². The first kappa shape index (κ1) is 53.9. The van der Waals surface area contributed by atoms with Gasteiger partial charge in [0.15, 0.2) is 19.7 Å². The molecule has 0 bridgehead atoms. The number of likely N-dealkylation sites (N-methyl/N-ethyl adjacent to an activating group) is 1. The van der Waals surface area contributed by atoms with Crippen molar-refractivity contribution in [2.75, 3.05) is 92.4 Å². The first-order chi connectivity index (χ1) is 37.4. The number of nitrogens with zero attached hydrogens (tertiary/aromatic N) is 9. The Hall–Kier alpha value is -7.52. The van der Waals surface area contributed by atoms with Gasteiger partial charge >= 0.3 is 0 Å². The lowest BCUT2D eigenvalue weighted by Crippen LogP contribution is -2.45. The largest absolute Gasteiger partial charge is 0.369 e. The molecule has 0 amide bonds. The van der Waals surface area contributed by atoms with Crippen LogP contribution in [0.1, 0.15) is 39.2 Å². The summed E-state index contributed by atoms with van der Waals surface area (Å²) in [5.41, 5.74) is 6.57. The van der Waals surface area contributed by atoms with Crippen molar-refractivity contribution in [1.82, 2.24) is 28.9 Å². The summed E-state index contributed by atoms with van der Waals surface area (Å²) in [7, 11) is -5.27. The molecule has 7 aromatic rings. The Labute approximate surface area is 453 Å². The van der Waals surface area contributed by atoms with Gasteiger partial charge in [0, 0.05) is 141 Å². The van der Waals surface area contributed by atoms with E-state index in [2.05, 4.69) is 66.5 Å². The molecule has 10 rings (SSSR count). The number of pyridine rings is 2. The summed E-state index contributed by atoms with van der Waals surface area (Å²) in [5.74, 6) is 0.184. The molecule has 20 heteroatoms. The van der Waals surface area contributed by atoms with Crippen molar-refractivity contribution in [2.45, 2.75) is 63.0 Å². The molecule has 0 spiro atoms.